The van der Waals surface area contributed by atoms with Crippen LogP contribution in [0.1, 0.15) is 21.5 Å². The molecule has 0 spiro atoms. The molecule has 0 bridgehead atoms. The molecular formula is C24H26N4O. The van der Waals surface area contributed by atoms with E-state index in [4.69, 9.17) is 0 Å². The van der Waals surface area contributed by atoms with Gasteiger partial charge in [0.2, 0.25) is 0 Å². The average molecular weight is 386 g/mol. The average Bonchev–Trinajstić information content (AvgIpc) is 2.79. The van der Waals surface area contributed by atoms with Crippen molar-refractivity contribution in [2.45, 2.75) is 13.1 Å². The molecular weight excluding hydrogens is 360 g/mol. The molecule has 1 N–H and O–H groups in total. The van der Waals surface area contributed by atoms with Crippen molar-refractivity contribution >= 4 is 11.7 Å². The number of piperazine rings is 1. The predicted molar refractivity (Wildman–Crippen MR) is 116 cm³/mol. The van der Waals surface area contributed by atoms with Gasteiger partial charge in [-0.3, -0.25) is 9.69 Å². The van der Waals surface area contributed by atoms with Crippen molar-refractivity contribution < 1.29 is 4.79 Å². The molecule has 2 heterocycles. The lowest BCUT2D eigenvalue weighted by Gasteiger charge is -2.35. The molecule has 1 aliphatic rings. The molecule has 148 valence electrons. The van der Waals surface area contributed by atoms with Crippen molar-refractivity contribution in [1.82, 2.24) is 15.2 Å². The fraction of sp³-hybridized carbons (Fsp3) is 0.250. The molecule has 0 radical (unpaired) electrons. The van der Waals surface area contributed by atoms with Gasteiger partial charge in [0.1, 0.15) is 5.82 Å². The first-order chi connectivity index (χ1) is 14.3. The molecule has 0 aliphatic carbocycles. The van der Waals surface area contributed by atoms with Crippen LogP contribution in [-0.2, 0) is 13.1 Å². The zero-order chi connectivity index (χ0) is 19.9. The molecule has 2 aromatic carbocycles. The van der Waals surface area contributed by atoms with Gasteiger partial charge in [-0.2, -0.15) is 0 Å². The van der Waals surface area contributed by atoms with Crippen molar-refractivity contribution in [2.24, 2.45) is 0 Å². The van der Waals surface area contributed by atoms with E-state index in [0.717, 1.165) is 44.1 Å². The van der Waals surface area contributed by atoms with Crippen LogP contribution in [0.25, 0.3) is 0 Å². The number of carbonyl (C=O) groups is 1. The van der Waals surface area contributed by atoms with Crippen molar-refractivity contribution in [3.05, 3.63) is 95.7 Å². The minimum Gasteiger partial charge on any atom is -0.354 e. The minimum atomic E-state index is -0.0967. The highest BCUT2D eigenvalue weighted by atomic mass is 16.1. The highest BCUT2D eigenvalue weighted by molar-refractivity contribution is 5.94. The topological polar surface area (TPSA) is 48.5 Å². The Morgan fingerprint density at radius 2 is 1.48 bits per heavy atom. The van der Waals surface area contributed by atoms with E-state index in [9.17, 15) is 4.79 Å². The van der Waals surface area contributed by atoms with Crippen molar-refractivity contribution in [2.75, 3.05) is 31.1 Å². The second-order valence-corrected chi connectivity index (χ2v) is 7.32. The van der Waals surface area contributed by atoms with Gasteiger partial charge in [-0.25, -0.2) is 4.98 Å². The van der Waals surface area contributed by atoms with Gasteiger partial charge >= 0.3 is 0 Å². The number of benzene rings is 2. The molecule has 5 nitrogen and oxygen atoms in total. The van der Waals surface area contributed by atoms with E-state index in [1.165, 1.54) is 5.56 Å². The number of anilines is 1. The molecule has 4 rings (SSSR count). The first-order valence-corrected chi connectivity index (χ1v) is 10.1. The largest absolute Gasteiger partial charge is 0.354 e. The smallest absolute Gasteiger partial charge is 0.253 e. The summed E-state index contributed by atoms with van der Waals surface area (Å²) in [5, 5.41) is 2.94. The van der Waals surface area contributed by atoms with Gasteiger partial charge in [0.05, 0.1) is 5.56 Å². The monoisotopic (exact) mass is 386 g/mol. The van der Waals surface area contributed by atoms with Gasteiger partial charge in [0.25, 0.3) is 5.91 Å². The molecule has 1 fully saturated rings. The van der Waals surface area contributed by atoms with Gasteiger partial charge in [0.15, 0.2) is 0 Å². The molecule has 5 heteroatoms. The number of hydrogen-bond acceptors (Lipinski definition) is 4. The fourth-order valence-corrected chi connectivity index (χ4v) is 3.56. The van der Waals surface area contributed by atoms with E-state index >= 15 is 0 Å². The Morgan fingerprint density at radius 3 is 2.10 bits per heavy atom. The van der Waals surface area contributed by atoms with E-state index in [0.29, 0.717) is 12.1 Å². The summed E-state index contributed by atoms with van der Waals surface area (Å²) in [6.07, 6.45) is 1.67. The van der Waals surface area contributed by atoms with Crippen LogP contribution in [0, 0.1) is 0 Å². The first-order valence-electron chi connectivity index (χ1n) is 10.1. The van der Waals surface area contributed by atoms with Crippen molar-refractivity contribution in [1.29, 1.82) is 0 Å². The van der Waals surface area contributed by atoms with E-state index in [2.05, 4.69) is 50.4 Å². The maximum Gasteiger partial charge on any atom is 0.253 e. The Morgan fingerprint density at radius 1 is 0.828 bits per heavy atom. The molecule has 0 unspecified atom stereocenters. The third-order valence-corrected chi connectivity index (χ3v) is 5.25. The Balaban J connectivity index is 1.27. The van der Waals surface area contributed by atoms with Crippen LogP contribution in [0.2, 0.25) is 0 Å². The summed E-state index contributed by atoms with van der Waals surface area (Å²) in [6.45, 7) is 5.41. The van der Waals surface area contributed by atoms with Gasteiger partial charge in [-0.1, -0.05) is 60.7 Å². The second kappa shape index (κ2) is 9.34. The number of hydrogen-bond donors (Lipinski definition) is 1. The van der Waals surface area contributed by atoms with Gasteiger partial charge in [0, 0.05) is 45.5 Å². The van der Waals surface area contributed by atoms with Gasteiger partial charge < -0.3 is 10.2 Å². The number of amides is 1. The van der Waals surface area contributed by atoms with E-state index in [1.54, 1.807) is 6.20 Å². The number of rotatable bonds is 6. The number of aromatic nitrogens is 1. The zero-order valence-electron chi connectivity index (χ0n) is 16.5. The van der Waals surface area contributed by atoms with Crippen LogP contribution in [0.4, 0.5) is 5.82 Å². The summed E-state index contributed by atoms with van der Waals surface area (Å²) in [6, 6.07) is 24.3. The standard InChI is InChI=1S/C24H26N4O/c29-24(26-17-20-7-3-1-4-8-20)22-11-12-23(25-18-22)28-15-13-27(14-16-28)19-21-9-5-2-6-10-21/h1-12,18H,13-17,19H2,(H,26,29). The quantitative estimate of drug-likeness (QED) is 0.706. The Hall–Kier alpha value is -3.18. The lowest BCUT2D eigenvalue weighted by molar-refractivity contribution is 0.0950. The number of nitrogens with one attached hydrogen (secondary N) is 1. The summed E-state index contributed by atoms with van der Waals surface area (Å²) in [4.78, 5) is 21.6. The summed E-state index contributed by atoms with van der Waals surface area (Å²) in [7, 11) is 0. The highest BCUT2D eigenvalue weighted by Crippen LogP contribution is 2.15. The molecule has 29 heavy (non-hydrogen) atoms. The maximum atomic E-state index is 12.4. The lowest BCUT2D eigenvalue weighted by Crippen LogP contribution is -2.46. The summed E-state index contributed by atoms with van der Waals surface area (Å²) < 4.78 is 0. The lowest BCUT2D eigenvalue weighted by atomic mass is 10.2. The Labute approximate surface area is 172 Å². The van der Waals surface area contributed by atoms with Crippen LogP contribution in [-0.4, -0.2) is 42.0 Å². The SMILES string of the molecule is O=C(NCc1ccccc1)c1ccc(N2CCN(Cc3ccccc3)CC2)nc1. The van der Waals surface area contributed by atoms with Crippen molar-refractivity contribution in [3.8, 4) is 0 Å². The fourth-order valence-electron chi connectivity index (χ4n) is 3.56. The van der Waals surface area contributed by atoms with Crippen LogP contribution >= 0.6 is 0 Å². The van der Waals surface area contributed by atoms with Crippen LogP contribution in [0.5, 0.6) is 0 Å². The molecule has 0 atom stereocenters. The van der Waals surface area contributed by atoms with Crippen LogP contribution in [0.15, 0.2) is 79.0 Å². The zero-order valence-corrected chi connectivity index (χ0v) is 16.5. The Bertz CT molecular complexity index is 905. The molecule has 1 aromatic heterocycles. The summed E-state index contributed by atoms with van der Waals surface area (Å²) in [5.74, 6) is 0.838. The highest BCUT2D eigenvalue weighted by Gasteiger charge is 2.18. The number of nitrogens with zero attached hydrogens (tertiary/aromatic N) is 3. The molecule has 1 amide bonds. The van der Waals surface area contributed by atoms with Crippen LogP contribution in [0.3, 0.4) is 0 Å². The number of pyridine rings is 1. The van der Waals surface area contributed by atoms with E-state index < -0.39 is 0 Å². The number of carbonyl (C=O) groups excluding carboxylic acids is 1. The second-order valence-electron chi connectivity index (χ2n) is 7.32. The Kier molecular flexibility index (Phi) is 6.17. The maximum absolute atomic E-state index is 12.4. The van der Waals surface area contributed by atoms with Gasteiger partial charge in [-0.15, -0.1) is 0 Å². The summed E-state index contributed by atoms with van der Waals surface area (Å²) >= 11 is 0. The first kappa shape index (κ1) is 19.2. The molecule has 1 saturated heterocycles. The predicted octanol–water partition coefficient (Wildman–Crippen LogP) is 3.33. The third kappa shape index (κ3) is 5.21. The minimum absolute atomic E-state index is 0.0967. The molecule has 1 aliphatic heterocycles. The third-order valence-electron chi connectivity index (χ3n) is 5.25. The molecule has 0 saturated carbocycles. The van der Waals surface area contributed by atoms with E-state index in [-0.39, 0.29) is 5.91 Å². The van der Waals surface area contributed by atoms with E-state index in [1.807, 2.05) is 42.5 Å². The van der Waals surface area contributed by atoms with Crippen LogP contribution < -0.4 is 10.2 Å². The normalized spacial score (nSPS) is 14.6. The van der Waals surface area contributed by atoms with Gasteiger partial charge in [-0.05, 0) is 23.3 Å². The van der Waals surface area contributed by atoms with Crippen molar-refractivity contribution in [3.63, 3.8) is 0 Å². The molecule has 3 aromatic rings. The summed E-state index contributed by atoms with van der Waals surface area (Å²) in [5.41, 5.74) is 3.02.